The number of hydrogen-bond acceptors (Lipinski definition) is 1. The summed E-state index contributed by atoms with van der Waals surface area (Å²) in [6, 6.07) is 0. The summed E-state index contributed by atoms with van der Waals surface area (Å²) in [6.45, 7) is 2.73. The molecule has 0 unspecified atom stereocenters. The van der Waals surface area contributed by atoms with Crippen LogP contribution in [0.5, 0.6) is 0 Å². The molecule has 0 rings (SSSR count). The van der Waals surface area contributed by atoms with Gasteiger partial charge >= 0.3 is 6.18 Å². The third-order valence-corrected chi connectivity index (χ3v) is 2.25. The van der Waals surface area contributed by atoms with Crippen LogP contribution in [0, 0.1) is 0 Å². The number of halogens is 4. The van der Waals surface area contributed by atoms with Gasteiger partial charge in [0.05, 0.1) is 6.42 Å². The number of rotatable bonds is 7. The van der Waals surface area contributed by atoms with Crippen LogP contribution in [0.2, 0.25) is 0 Å². The van der Waals surface area contributed by atoms with Gasteiger partial charge < -0.3 is 10.6 Å². The lowest BCUT2D eigenvalue weighted by atomic mass is 10.2. The van der Waals surface area contributed by atoms with Crippen molar-refractivity contribution in [2.45, 2.75) is 45.2 Å². The maximum Gasteiger partial charge on any atom is 0.390 e. The largest absolute Gasteiger partial charge is 0.390 e. The van der Waals surface area contributed by atoms with Crippen LogP contribution in [-0.2, 0) is 0 Å². The molecule has 2 N–H and O–H groups in total. The molecule has 7 heteroatoms. The van der Waals surface area contributed by atoms with Gasteiger partial charge in [-0.25, -0.2) is 0 Å². The van der Waals surface area contributed by atoms with E-state index in [4.69, 9.17) is 0 Å². The average Bonchev–Trinajstić information content (AvgIpc) is 2.25. The van der Waals surface area contributed by atoms with Gasteiger partial charge in [0.2, 0.25) is 0 Å². The minimum Gasteiger partial charge on any atom is -0.356 e. The number of unbranched alkanes of at least 4 members (excludes halogenated alkanes) is 3. The van der Waals surface area contributed by atoms with E-state index in [1.165, 1.54) is 12.8 Å². The Morgan fingerprint density at radius 3 is 2.17 bits per heavy atom. The van der Waals surface area contributed by atoms with E-state index >= 15 is 0 Å². The van der Waals surface area contributed by atoms with Crippen LogP contribution in [0.15, 0.2) is 4.99 Å². The minimum atomic E-state index is -4.12. The molecule has 110 valence electrons. The molecule has 0 aromatic heterocycles. The van der Waals surface area contributed by atoms with Gasteiger partial charge in [0.25, 0.3) is 0 Å². The lowest BCUT2D eigenvalue weighted by Crippen LogP contribution is -2.39. The second kappa shape index (κ2) is 11.9. The van der Waals surface area contributed by atoms with Crippen LogP contribution in [0.4, 0.5) is 13.2 Å². The van der Waals surface area contributed by atoms with Crippen molar-refractivity contribution >= 4 is 29.9 Å². The smallest absolute Gasteiger partial charge is 0.356 e. The van der Waals surface area contributed by atoms with Gasteiger partial charge in [-0.05, 0) is 6.42 Å². The zero-order valence-corrected chi connectivity index (χ0v) is 13.3. The Balaban J connectivity index is 0. The highest BCUT2D eigenvalue weighted by Gasteiger charge is 2.26. The van der Waals surface area contributed by atoms with E-state index in [2.05, 4.69) is 22.5 Å². The van der Waals surface area contributed by atoms with Gasteiger partial charge in [-0.3, -0.25) is 4.99 Å². The molecule has 0 bridgehead atoms. The Bertz CT molecular complexity index is 220. The number of hydrogen-bond donors (Lipinski definition) is 2. The summed E-state index contributed by atoms with van der Waals surface area (Å²) in [6.07, 6.45) is -0.478. The third-order valence-electron chi connectivity index (χ3n) is 2.25. The highest BCUT2D eigenvalue weighted by atomic mass is 127. The summed E-state index contributed by atoms with van der Waals surface area (Å²) in [7, 11) is 1.55. The number of nitrogens with zero attached hydrogens (tertiary/aromatic N) is 1. The summed E-state index contributed by atoms with van der Waals surface area (Å²) < 4.78 is 35.7. The third kappa shape index (κ3) is 13.9. The average molecular weight is 381 g/mol. The fraction of sp³-hybridized carbons (Fsp3) is 0.909. The van der Waals surface area contributed by atoms with Crippen molar-refractivity contribution in [3.8, 4) is 0 Å². The van der Waals surface area contributed by atoms with Crippen molar-refractivity contribution in [2.24, 2.45) is 4.99 Å². The molecular weight excluding hydrogens is 358 g/mol. The van der Waals surface area contributed by atoms with Crippen LogP contribution in [0.1, 0.15) is 39.0 Å². The van der Waals surface area contributed by atoms with Crippen molar-refractivity contribution in [1.29, 1.82) is 0 Å². The fourth-order valence-corrected chi connectivity index (χ4v) is 1.30. The van der Waals surface area contributed by atoms with E-state index in [1.54, 1.807) is 7.05 Å². The first-order valence-electron chi connectivity index (χ1n) is 6.01. The van der Waals surface area contributed by atoms with Crippen LogP contribution < -0.4 is 10.6 Å². The molecule has 0 fully saturated rings. The molecule has 0 aromatic rings. The Morgan fingerprint density at radius 2 is 1.67 bits per heavy atom. The van der Waals surface area contributed by atoms with Gasteiger partial charge in [0.1, 0.15) is 0 Å². The summed E-state index contributed by atoms with van der Waals surface area (Å²) in [5, 5.41) is 5.62. The molecule has 0 amide bonds. The molecule has 0 radical (unpaired) electrons. The summed E-state index contributed by atoms with van der Waals surface area (Å²) in [4.78, 5) is 3.85. The van der Waals surface area contributed by atoms with Crippen molar-refractivity contribution in [1.82, 2.24) is 10.6 Å². The summed E-state index contributed by atoms with van der Waals surface area (Å²) in [5.41, 5.74) is 0. The first-order valence-corrected chi connectivity index (χ1v) is 6.01. The Morgan fingerprint density at radius 1 is 1.06 bits per heavy atom. The lowest BCUT2D eigenvalue weighted by Gasteiger charge is -2.12. The van der Waals surface area contributed by atoms with Crippen LogP contribution in [0.3, 0.4) is 0 Å². The van der Waals surface area contributed by atoms with E-state index in [0.29, 0.717) is 5.96 Å². The fourth-order valence-electron chi connectivity index (χ4n) is 1.30. The molecule has 0 aromatic carbocycles. The molecule has 0 heterocycles. The highest BCUT2D eigenvalue weighted by molar-refractivity contribution is 14.0. The van der Waals surface area contributed by atoms with E-state index in [0.717, 1.165) is 19.4 Å². The normalized spacial score (nSPS) is 11.9. The van der Waals surface area contributed by atoms with Gasteiger partial charge in [0.15, 0.2) is 5.96 Å². The molecule has 18 heavy (non-hydrogen) atoms. The van der Waals surface area contributed by atoms with Crippen molar-refractivity contribution in [3.63, 3.8) is 0 Å². The van der Waals surface area contributed by atoms with Gasteiger partial charge in [-0.2, -0.15) is 13.2 Å². The Labute approximate surface area is 124 Å². The Hall–Kier alpha value is -0.210. The van der Waals surface area contributed by atoms with Gasteiger partial charge in [0, 0.05) is 20.1 Å². The predicted molar refractivity (Wildman–Crippen MR) is 79.6 cm³/mol. The topological polar surface area (TPSA) is 36.4 Å². The molecule has 0 aliphatic rings. The maximum absolute atomic E-state index is 11.9. The van der Waals surface area contributed by atoms with Crippen LogP contribution in [0.25, 0.3) is 0 Å². The lowest BCUT2D eigenvalue weighted by molar-refractivity contribution is -0.132. The Kier molecular flexibility index (Phi) is 13.2. The van der Waals surface area contributed by atoms with Gasteiger partial charge in [-0.15, -0.1) is 24.0 Å². The molecule has 0 spiro atoms. The monoisotopic (exact) mass is 381 g/mol. The van der Waals surface area contributed by atoms with E-state index in [1.807, 2.05) is 0 Å². The van der Waals surface area contributed by atoms with Crippen LogP contribution >= 0.6 is 24.0 Å². The standard InChI is InChI=1S/C11H22F3N3.HI/c1-3-4-5-6-8-16-10(15-2)17-9-7-11(12,13)14;/h3-9H2,1-2H3,(H2,15,16,17);1H. The van der Waals surface area contributed by atoms with E-state index < -0.39 is 12.6 Å². The first kappa shape index (κ1) is 20.1. The zero-order valence-electron chi connectivity index (χ0n) is 10.9. The summed E-state index contributed by atoms with van der Waals surface area (Å²) >= 11 is 0. The predicted octanol–water partition coefficient (Wildman–Crippen LogP) is 3.30. The molecule has 0 saturated heterocycles. The molecule has 0 aliphatic carbocycles. The minimum absolute atomic E-state index is 0. The molecule has 0 saturated carbocycles. The number of guanidine groups is 1. The zero-order chi connectivity index (χ0) is 13.1. The van der Waals surface area contributed by atoms with E-state index in [9.17, 15) is 13.2 Å². The van der Waals surface area contributed by atoms with Crippen LogP contribution in [-0.4, -0.2) is 32.3 Å². The SMILES string of the molecule is CCCCCCNC(=NC)NCCC(F)(F)F.I. The number of aliphatic imine (C=N–C) groups is 1. The maximum atomic E-state index is 11.9. The molecule has 3 nitrogen and oxygen atoms in total. The van der Waals surface area contributed by atoms with Gasteiger partial charge in [-0.1, -0.05) is 26.2 Å². The molecule has 0 atom stereocenters. The number of alkyl halides is 3. The number of nitrogens with one attached hydrogen (secondary N) is 2. The second-order valence-electron chi connectivity index (χ2n) is 3.85. The quantitative estimate of drug-likeness (QED) is 0.307. The van der Waals surface area contributed by atoms with Crippen molar-refractivity contribution in [3.05, 3.63) is 0 Å². The second-order valence-corrected chi connectivity index (χ2v) is 3.85. The molecule has 0 aliphatic heterocycles. The summed E-state index contributed by atoms with van der Waals surface area (Å²) in [5.74, 6) is 0.436. The molecular formula is C11H23F3IN3. The van der Waals surface area contributed by atoms with Crippen molar-refractivity contribution < 1.29 is 13.2 Å². The van der Waals surface area contributed by atoms with E-state index in [-0.39, 0.29) is 30.5 Å². The van der Waals surface area contributed by atoms with Crippen molar-refractivity contribution in [2.75, 3.05) is 20.1 Å². The highest BCUT2D eigenvalue weighted by Crippen LogP contribution is 2.17. The first-order chi connectivity index (χ1) is 7.99.